The molecule has 18 heavy (non-hydrogen) atoms. The summed E-state index contributed by atoms with van der Waals surface area (Å²) in [5, 5.41) is 11.4. The summed E-state index contributed by atoms with van der Waals surface area (Å²) >= 11 is 0. The molecule has 0 amide bonds. The van der Waals surface area contributed by atoms with Gasteiger partial charge in [0.15, 0.2) is 0 Å². The van der Waals surface area contributed by atoms with Gasteiger partial charge in [-0.05, 0) is 30.0 Å². The lowest BCUT2D eigenvalue weighted by Gasteiger charge is -2.23. The Hall–Kier alpha value is -0.940. The van der Waals surface area contributed by atoms with Crippen LogP contribution in [0.25, 0.3) is 0 Å². The Balaban J connectivity index is 0.000000631. The molecule has 1 aromatic carbocycles. The molecule has 0 aliphatic carbocycles. The van der Waals surface area contributed by atoms with Crippen molar-refractivity contribution < 1.29 is 15.2 Å². The molecular formula is C14H25NO3. The largest absolute Gasteiger partial charge is 0.692 e. The van der Waals surface area contributed by atoms with Gasteiger partial charge in [0, 0.05) is 0 Å². The van der Waals surface area contributed by atoms with Crippen molar-refractivity contribution in [3.8, 4) is 0 Å². The first kappa shape index (κ1) is 17.1. The summed E-state index contributed by atoms with van der Waals surface area (Å²) in [7, 11) is 7.72. The summed E-state index contributed by atoms with van der Waals surface area (Å²) in [6.07, 6.45) is 1.21. The average molecular weight is 255 g/mol. The van der Waals surface area contributed by atoms with Crippen LogP contribution >= 0.6 is 0 Å². The van der Waals surface area contributed by atoms with E-state index in [9.17, 15) is 0 Å². The van der Waals surface area contributed by atoms with E-state index < -0.39 is 0 Å². The number of rotatable bonds is 4. The molecule has 1 aromatic rings. The smallest absolute Gasteiger partial charge is 0.132 e. The lowest BCUT2D eigenvalue weighted by atomic mass is 9.98. The zero-order valence-electron chi connectivity index (χ0n) is 12.3. The summed E-state index contributed by atoms with van der Waals surface area (Å²) in [5.74, 6) is 0.677. The number of hydrogen-bond acceptors (Lipinski definition) is 3. The third-order valence-corrected chi connectivity index (χ3v) is 2.92. The maximum Gasteiger partial charge on any atom is 0.132 e. The van der Waals surface area contributed by atoms with Gasteiger partial charge in [0.05, 0.1) is 28.3 Å². The van der Waals surface area contributed by atoms with Crippen LogP contribution in [0.4, 0.5) is 5.69 Å². The third-order valence-electron chi connectivity index (χ3n) is 2.92. The molecule has 0 saturated heterocycles. The fourth-order valence-electron chi connectivity index (χ4n) is 1.49. The highest BCUT2D eigenvalue weighted by Gasteiger charge is 2.11. The Morgan fingerprint density at radius 3 is 1.89 bits per heavy atom. The highest BCUT2D eigenvalue weighted by molar-refractivity contribution is 5.43. The second-order valence-corrected chi connectivity index (χ2v) is 5.15. The van der Waals surface area contributed by atoms with Gasteiger partial charge in [0.1, 0.15) is 5.69 Å². The molecule has 0 N–H and O–H groups in total. The quantitative estimate of drug-likeness (QED) is 0.471. The zero-order chi connectivity index (χ0) is 14.2. The maximum atomic E-state index is 8.58. The van der Waals surface area contributed by atoms with Crippen LogP contribution < -0.4 is 9.74 Å². The van der Waals surface area contributed by atoms with Crippen molar-refractivity contribution in [1.82, 2.24) is 4.48 Å². The van der Waals surface area contributed by atoms with E-state index in [0.29, 0.717) is 5.92 Å². The second kappa shape index (κ2) is 8.21. The molecule has 1 unspecified atom stereocenters. The predicted molar refractivity (Wildman–Crippen MR) is 72.8 cm³/mol. The maximum absolute atomic E-state index is 8.58. The lowest BCUT2D eigenvalue weighted by molar-refractivity contribution is -0.796. The van der Waals surface area contributed by atoms with Gasteiger partial charge >= 0.3 is 0 Å². The monoisotopic (exact) mass is 255 g/mol. The molecule has 0 aliphatic rings. The van der Waals surface area contributed by atoms with Crippen LogP contribution in [0.3, 0.4) is 0 Å². The van der Waals surface area contributed by atoms with Crippen molar-refractivity contribution in [3.05, 3.63) is 29.8 Å². The molecule has 0 aromatic heterocycles. The molecule has 4 nitrogen and oxygen atoms in total. The standard InChI is InChI=1S/C13H22N.CH4O3/c1-6-11(2)12-7-9-13(10-8-12)14(3,4)5;1-3-4-2/h7-11H,6H2,1-5H3;2H,1H3/q+1;/p-1. The highest BCUT2D eigenvalue weighted by atomic mass is 17.5. The number of benzene rings is 1. The first-order chi connectivity index (χ1) is 8.36. The Morgan fingerprint density at radius 2 is 1.61 bits per heavy atom. The molecule has 1 atom stereocenters. The van der Waals surface area contributed by atoms with E-state index in [0.717, 1.165) is 11.6 Å². The summed E-state index contributed by atoms with van der Waals surface area (Å²) in [4.78, 5) is 3.49. The van der Waals surface area contributed by atoms with E-state index in [2.05, 4.69) is 69.2 Å². The number of quaternary nitrogens is 1. The van der Waals surface area contributed by atoms with Crippen LogP contribution in [0.1, 0.15) is 31.7 Å². The van der Waals surface area contributed by atoms with Crippen LogP contribution in [0.2, 0.25) is 0 Å². The van der Waals surface area contributed by atoms with Crippen molar-refractivity contribution >= 4 is 5.69 Å². The Morgan fingerprint density at radius 1 is 1.17 bits per heavy atom. The molecular weight excluding hydrogens is 230 g/mol. The van der Waals surface area contributed by atoms with Gasteiger partial charge in [-0.15, -0.1) is 0 Å². The van der Waals surface area contributed by atoms with E-state index in [4.69, 9.17) is 5.26 Å². The van der Waals surface area contributed by atoms with Crippen molar-refractivity contribution in [2.24, 2.45) is 0 Å². The molecule has 0 heterocycles. The lowest BCUT2D eigenvalue weighted by Crippen LogP contribution is -2.34. The molecule has 0 bridgehead atoms. The summed E-state index contributed by atoms with van der Waals surface area (Å²) in [6.45, 7) is 4.51. The normalized spacial score (nSPS) is 12.6. The third kappa shape index (κ3) is 6.12. The van der Waals surface area contributed by atoms with Crippen molar-refractivity contribution in [3.63, 3.8) is 0 Å². The highest BCUT2D eigenvalue weighted by Crippen LogP contribution is 2.23. The number of hydrogen-bond donors (Lipinski definition) is 0. The summed E-state index contributed by atoms with van der Waals surface area (Å²) < 4.78 is 0.890. The van der Waals surface area contributed by atoms with Gasteiger partial charge in [-0.3, -0.25) is 9.52 Å². The summed E-state index contributed by atoms with van der Waals surface area (Å²) in [5.41, 5.74) is 2.81. The van der Waals surface area contributed by atoms with Crippen LogP contribution in [0.5, 0.6) is 0 Å². The van der Waals surface area contributed by atoms with Crippen LogP contribution in [-0.2, 0) is 9.93 Å². The van der Waals surface area contributed by atoms with Crippen molar-refractivity contribution in [2.75, 3.05) is 28.3 Å². The Bertz CT molecular complexity index is 315. The molecule has 0 spiro atoms. The van der Waals surface area contributed by atoms with Crippen LogP contribution in [0, 0.1) is 0 Å². The Kier molecular flexibility index (Phi) is 7.78. The predicted octanol–water partition coefficient (Wildman–Crippen LogP) is 2.24. The first-order valence-electron chi connectivity index (χ1n) is 6.11. The van der Waals surface area contributed by atoms with Gasteiger partial charge in [-0.1, -0.05) is 26.0 Å². The molecule has 0 saturated carbocycles. The number of nitrogens with zero attached hydrogens (tertiary/aromatic N) is 1. The first-order valence-corrected chi connectivity index (χ1v) is 6.11. The van der Waals surface area contributed by atoms with E-state index in [1.54, 1.807) is 0 Å². The molecule has 104 valence electrons. The minimum atomic E-state index is 0.677. The van der Waals surface area contributed by atoms with E-state index >= 15 is 0 Å². The molecule has 0 aliphatic heterocycles. The van der Waals surface area contributed by atoms with E-state index in [-0.39, 0.29) is 0 Å². The molecule has 4 heteroatoms. The average Bonchev–Trinajstić information content (AvgIpc) is 2.37. The van der Waals surface area contributed by atoms with Gasteiger partial charge in [-0.2, -0.15) is 0 Å². The van der Waals surface area contributed by atoms with Crippen molar-refractivity contribution in [2.45, 2.75) is 26.2 Å². The van der Waals surface area contributed by atoms with Gasteiger partial charge in [0.2, 0.25) is 0 Å². The van der Waals surface area contributed by atoms with Crippen LogP contribution in [0.15, 0.2) is 24.3 Å². The molecule has 0 radical (unpaired) electrons. The van der Waals surface area contributed by atoms with E-state index in [1.165, 1.54) is 17.7 Å². The SMILES string of the molecule is CCC(C)c1ccc([N+](C)(C)C)cc1.COO[O-]. The minimum Gasteiger partial charge on any atom is -0.692 e. The topological polar surface area (TPSA) is 41.5 Å². The minimum absolute atomic E-state index is 0.677. The van der Waals surface area contributed by atoms with E-state index in [1.807, 2.05) is 0 Å². The molecule has 0 fully saturated rings. The Labute approximate surface area is 110 Å². The fraction of sp³-hybridized carbons (Fsp3) is 0.571. The van der Waals surface area contributed by atoms with Crippen LogP contribution in [-0.4, -0.2) is 28.3 Å². The van der Waals surface area contributed by atoms with Gasteiger partial charge in [-0.25, -0.2) is 4.89 Å². The summed E-state index contributed by atoms with van der Waals surface area (Å²) in [6, 6.07) is 8.99. The second-order valence-electron chi connectivity index (χ2n) is 5.15. The fourth-order valence-corrected chi connectivity index (χ4v) is 1.49. The molecule has 1 rings (SSSR count). The van der Waals surface area contributed by atoms with Gasteiger partial charge in [0.25, 0.3) is 0 Å². The van der Waals surface area contributed by atoms with Crippen molar-refractivity contribution in [1.29, 1.82) is 0 Å². The zero-order valence-corrected chi connectivity index (χ0v) is 12.3. The van der Waals surface area contributed by atoms with Gasteiger partial charge < -0.3 is 5.26 Å².